The molecular formula is C22H36O2. The van der Waals surface area contributed by atoms with Gasteiger partial charge in [-0.05, 0) is 37.3 Å². The first-order chi connectivity index (χ1) is 11.7. The fraction of sp³-hybridized carbons (Fsp3) is 0.727. The molecule has 0 saturated carbocycles. The molecule has 1 saturated heterocycles. The summed E-state index contributed by atoms with van der Waals surface area (Å²) >= 11 is 0. The van der Waals surface area contributed by atoms with Gasteiger partial charge in [-0.3, -0.25) is 0 Å². The maximum absolute atomic E-state index is 6.10. The molecule has 0 unspecified atom stereocenters. The van der Waals surface area contributed by atoms with Crippen molar-refractivity contribution in [2.45, 2.75) is 90.3 Å². The summed E-state index contributed by atoms with van der Waals surface area (Å²) in [4.78, 5) is 0. The Bertz CT molecular complexity index is 444. The predicted molar refractivity (Wildman–Crippen MR) is 101 cm³/mol. The molecule has 0 spiro atoms. The zero-order valence-corrected chi connectivity index (χ0v) is 16.0. The lowest BCUT2D eigenvalue weighted by Crippen LogP contribution is -2.40. The minimum Gasteiger partial charge on any atom is -0.350 e. The molecule has 1 aliphatic heterocycles. The topological polar surface area (TPSA) is 18.5 Å². The highest BCUT2D eigenvalue weighted by atomic mass is 16.7. The van der Waals surface area contributed by atoms with Crippen LogP contribution >= 0.6 is 0 Å². The molecule has 2 heteroatoms. The lowest BCUT2D eigenvalue weighted by atomic mass is 9.96. The van der Waals surface area contributed by atoms with Gasteiger partial charge >= 0.3 is 0 Å². The minimum atomic E-state index is -0.371. The van der Waals surface area contributed by atoms with Crippen LogP contribution in [-0.4, -0.2) is 19.0 Å². The minimum absolute atomic E-state index is 0.371. The number of rotatable bonds is 10. The number of benzene rings is 1. The van der Waals surface area contributed by atoms with Crippen LogP contribution in [0.3, 0.4) is 0 Å². The Morgan fingerprint density at radius 2 is 1.50 bits per heavy atom. The van der Waals surface area contributed by atoms with Gasteiger partial charge in [-0.15, -0.1) is 0 Å². The maximum atomic E-state index is 6.10. The molecule has 0 bridgehead atoms. The van der Waals surface area contributed by atoms with E-state index in [0.29, 0.717) is 5.92 Å². The van der Waals surface area contributed by atoms with E-state index in [2.05, 4.69) is 45.0 Å². The van der Waals surface area contributed by atoms with Gasteiger partial charge in [0, 0.05) is 12.3 Å². The Hall–Kier alpha value is -0.860. The van der Waals surface area contributed by atoms with Gasteiger partial charge in [-0.2, -0.15) is 0 Å². The Morgan fingerprint density at radius 1 is 0.875 bits per heavy atom. The summed E-state index contributed by atoms with van der Waals surface area (Å²) < 4.78 is 12.2. The van der Waals surface area contributed by atoms with E-state index in [1.54, 1.807) is 0 Å². The van der Waals surface area contributed by atoms with Crippen molar-refractivity contribution in [3.05, 3.63) is 35.4 Å². The molecule has 0 atom stereocenters. The van der Waals surface area contributed by atoms with Crippen molar-refractivity contribution in [2.75, 3.05) is 13.2 Å². The van der Waals surface area contributed by atoms with Gasteiger partial charge in [-0.25, -0.2) is 0 Å². The van der Waals surface area contributed by atoms with Crippen molar-refractivity contribution in [1.82, 2.24) is 0 Å². The summed E-state index contributed by atoms with van der Waals surface area (Å²) in [5.74, 6) is 0.00283. The molecule has 1 aliphatic rings. The number of hydrogen-bond donors (Lipinski definition) is 0. The summed E-state index contributed by atoms with van der Waals surface area (Å²) in [6.07, 6.45) is 11.2. The molecule has 2 rings (SSSR count). The zero-order valence-electron chi connectivity index (χ0n) is 16.0. The monoisotopic (exact) mass is 332 g/mol. The molecule has 1 aromatic carbocycles. The Kier molecular flexibility index (Phi) is 8.28. The molecule has 1 heterocycles. The molecule has 2 nitrogen and oxygen atoms in total. The van der Waals surface area contributed by atoms with Crippen LogP contribution in [0.4, 0.5) is 0 Å². The standard InChI is InChI=1S/C22H36O2/c1-4-6-8-10-16-22(3)23-17-21(18-24-22)20-14-12-19(13-15-20)11-9-7-5-2/h12-15,21H,4-11,16-18H2,1-3H3/t21-,22-. The number of unbranched alkanes of at least 4 members (excludes halogenated alkanes) is 5. The Balaban J connectivity index is 1.77. The van der Waals surface area contributed by atoms with Crippen LogP contribution in [0.25, 0.3) is 0 Å². The molecule has 136 valence electrons. The van der Waals surface area contributed by atoms with Gasteiger partial charge in [-0.1, -0.05) is 70.2 Å². The second-order valence-corrected chi connectivity index (χ2v) is 7.46. The third-order valence-corrected chi connectivity index (χ3v) is 5.18. The first-order valence-corrected chi connectivity index (χ1v) is 10.0. The van der Waals surface area contributed by atoms with Crippen LogP contribution in [0.5, 0.6) is 0 Å². The van der Waals surface area contributed by atoms with Crippen molar-refractivity contribution >= 4 is 0 Å². The van der Waals surface area contributed by atoms with E-state index in [9.17, 15) is 0 Å². The van der Waals surface area contributed by atoms with E-state index in [0.717, 1.165) is 19.6 Å². The van der Waals surface area contributed by atoms with Gasteiger partial charge in [0.25, 0.3) is 0 Å². The Morgan fingerprint density at radius 3 is 2.12 bits per heavy atom. The van der Waals surface area contributed by atoms with Crippen LogP contribution in [0.1, 0.15) is 89.2 Å². The third-order valence-electron chi connectivity index (χ3n) is 5.18. The third kappa shape index (κ3) is 6.22. The molecular weight excluding hydrogens is 296 g/mol. The van der Waals surface area contributed by atoms with Crippen LogP contribution in [0.15, 0.2) is 24.3 Å². The van der Waals surface area contributed by atoms with Crippen molar-refractivity contribution in [3.8, 4) is 0 Å². The van der Waals surface area contributed by atoms with Crippen molar-refractivity contribution in [3.63, 3.8) is 0 Å². The molecule has 0 aromatic heterocycles. The van der Waals surface area contributed by atoms with E-state index >= 15 is 0 Å². The van der Waals surface area contributed by atoms with E-state index in [1.165, 1.54) is 62.5 Å². The van der Waals surface area contributed by atoms with Crippen molar-refractivity contribution in [1.29, 1.82) is 0 Å². The maximum Gasteiger partial charge on any atom is 0.165 e. The van der Waals surface area contributed by atoms with Gasteiger partial charge < -0.3 is 9.47 Å². The first kappa shape index (κ1) is 19.5. The highest BCUT2D eigenvalue weighted by Gasteiger charge is 2.32. The summed E-state index contributed by atoms with van der Waals surface area (Å²) in [6, 6.07) is 9.10. The summed E-state index contributed by atoms with van der Waals surface area (Å²) in [7, 11) is 0. The summed E-state index contributed by atoms with van der Waals surface area (Å²) in [5, 5.41) is 0. The summed E-state index contributed by atoms with van der Waals surface area (Å²) in [6.45, 7) is 8.16. The number of hydrogen-bond acceptors (Lipinski definition) is 2. The average molecular weight is 333 g/mol. The number of ether oxygens (including phenoxy) is 2. The highest BCUT2D eigenvalue weighted by Crippen LogP contribution is 2.31. The predicted octanol–water partition coefficient (Wildman–Crippen LogP) is 6.24. The van der Waals surface area contributed by atoms with Crippen molar-refractivity contribution in [2.24, 2.45) is 0 Å². The van der Waals surface area contributed by atoms with Gasteiger partial charge in [0.05, 0.1) is 13.2 Å². The first-order valence-electron chi connectivity index (χ1n) is 10.0. The molecule has 1 fully saturated rings. The molecule has 0 aliphatic carbocycles. The van der Waals surface area contributed by atoms with E-state index in [-0.39, 0.29) is 5.79 Å². The molecule has 0 radical (unpaired) electrons. The smallest absolute Gasteiger partial charge is 0.165 e. The summed E-state index contributed by atoms with van der Waals surface area (Å²) in [5.41, 5.74) is 2.80. The average Bonchev–Trinajstić information content (AvgIpc) is 2.61. The van der Waals surface area contributed by atoms with Gasteiger partial charge in [0.2, 0.25) is 0 Å². The fourth-order valence-corrected chi connectivity index (χ4v) is 3.39. The SMILES string of the molecule is CCCCCC[C@]1(C)OC[C@@H](c2ccc(CCCCC)cc2)CO1. The van der Waals surface area contributed by atoms with Crippen LogP contribution in [-0.2, 0) is 15.9 Å². The Labute approximate surface area is 148 Å². The van der Waals surface area contributed by atoms with Crippen LogP contribution in [0, 0.1) is 0 Å². The number of aryl methyl sites for hydroxylation is 1. The fourth-order valence-electron chi connectivity index (χ4n) is 3.39. The van der Waals surface area contributed by atoms with E-state index < -0.39 is 0 Å². The van der Waals surface area contributed by atoms with Crippen molar-refractivity contribution < 1.29 is 9.47 Å². The van der Waals surface area contributed by atoms with Crippen LogP contribution < -0.4 is 0 Å². The zero-order chi connectivity index (χ0) is 17.3. The molecule has 0 N–H and O–H groups in total. The second kappa shape index (κ2) is 10.2. The quantitative estimate of drug-likeness (QED) is 0.472. The molecule has 1 aromatic rings. The lowest BCUT2D eigenvalue weighted by molar-refractivity contribution is -0.266. The lowest BCUT2D eigenvalue weighted by Gasteiger charge is -2.38. The van der Waals surface area contributed by atoms with E-state index in [1.807, 2.05) is 0 Å². The van der Waals surface area contributed by atoms with Crippen LogP contribution in [0.2, 0.25) is 0 Å². The van der Waals surface area contributed by atoms with E-state index in [4.69, 9.17) is 9.47 Å². The molecule has 24 heavy (non-hydrogen) atoms. The second-order valence-electron chi connectivity index (χ2n) is 7.46. The normalized spacial score (nSPS) is 24.2. The highest BCUT2D eigenvalue weighted by molar-refractivity contribution is 5.26. The van der Waals surface area contributed by atoms with Gasteiger partial charge in [0.1, 0.15) is 0 Å². The molecule has 0 amide bonds. The largest absolute Gasteiger partial charge is 0.350 e. The van der Waals surface area contributed by atoms with Gasteiger partial charge in [0.15, 0.2) is 5.79 Å².